The monoisotopic (exact) mass is 404 g/mol. The highest BCUT2D eigenvalue weighted by atomic mass is 16.5. The molecule has 1 fully saturated rings. The molecule has 0 saturated carbocycles. The summed E-state index contributed by atoms with van der Waals surface area (Å²) in [7, 11) is 3.46. The minimum Gasteiger partial charge on any atom is -0.497 e. The van der Waals surface area contributed by atoms with Gasteiger partial charge < -0.3 is 19.3 Å². The van der Waals surface area contributed by atoms with Gasteiger partial charge in [0.15, 0.2) is 0 Å². The van der Waals surface area contributed by atoms with Gasteiger partial charge in [-0.25, -0.2) is 0 Å². The van der Waals surface area contributed by atoms with E-state index >= 15 is 0 Å². The molecule has 0 aromatic heterocycles. The second-order valence-corrected chi connectivity index (χ2v) is 8.02. The quantitative estimate of drug-likeness (QED) is 0.628. The van der Waals surface area contributed by atoms with E-state index in [2.05, 4.69) is 66.7 Å². The average molecular weight is 405 g/mol. The van der Waals surface area contributed by atoms with Gasteiger partial charge in [0.05, 0.1) is 19.8 Å². The predicted octanol–water partition coefficient (Wildman–Crippen LogP) is 1.78. The molecule has 3 aromatic rings. The predicted molar refractivity (Wildman–Crippen MR) is 119 cm³/mol. The van der Waals surface area contributed by atoms with Gasteiger partial charge in [-0.15, -0.1) is 0 Å². The summed E-state index contributed by atoms with van der Waals surface area (Å²) < 4.78 is 11.0. The summed E-state index contributed by atoms with van der Waals surface area (Å²) in [5, 5.41) is 0. The van der Waals surface area contributed by atoms with E-state index in [-0.39, 0.29) is 0 Å². The lowest BCUT2D eigenvalue weighted by atomic mass is 9.96. The molecule has 0 bridgehead atoms. The van der Waals surface area contributed by atoms with Gasteiger partial charge >= 0.3 is 0 Å². The Bertz CT molecular complexity index is 883. The molecule has 1 heterocycles. The number of quaternary nitrogens is 2. The highest BCUT2D eigenvalue weighted by Crippen LogP contribution is 2.23. The van der Waals surface area contributed by atoms with Crippen molar-refractivity contribution in [1.82, 2.24) is 0 Å². The standard InChI is InChI=1S/C26H30N2O2/c1-29-24-13-14-25(30-2)23(19-24)20-27-15-17-28(18-16-27)26(21-9-5-3-6-10-21)22-11-7-4-8-12-22/h3-14,19,26H,15-18,20H2,1-2H3/p+2. The van der Waals surface area contributed by atoms with Crippen molar-refractivity contribution in [2.45, 2.75) is 12.6 Å². The summed E-state index contributed by atoms with van der Waals surface area (Å²) in [4.78, 5) is 3.25. The summed E-state index contributed by atoms with van der Waals surface area (Å²) in [5.41, 5.74) is 4.02. The molecule has 0 radical (unpaired) electrons. The zero-order valence-corrected chi connectivity index (χ0v) is 17.9. The molecule has 1 aliphatic rings. The number of rotatable bonds is 7. The molecule has 1 aliphatic heterocycles. The van der Waals surface area contributed by atoms with Crippen LogP contribution in [0.15, 0.2) is 78.9 Å². The van der Waals surface area contributed by atoms with Crippen LogP contribution in [0.3, 0.4) is 0 Å². The number of hydrogen-bond donors (Lipinski definition) is 2. The number of ether oxygens (including phenoxy) is 2. The third-order valence-electron chi connectivity index (χ3n) is 6.20. The van der Waals surface area contributed by atoms with Crippen LogP contribution in [0.25, 0.3) is 0 Å². The molecule has 1 saturated heterocycles. The van der Waals surface area contributed by atoms with E-state index in [1.807, 2.05) is 12.1 Å². The minimum atomic E-state index is 0.389. The van der Waals surface area contributed by atoms with Crippen LogP contribution in [-0.4, -0.2) is 40.4 Å². The fraction of sp³-hybridized carbons (Fsp3) is 0.308. The van der Waals surface area contributed by atoms with E-state index < -0.39 is 0 Å². The normalized spacial score (nSPS) is 18.9. The molecule has 0 aliphatic carbocycles. The molecular weight excluding hydrogens is 372 g/mol. The highest BCUT2D eigenvalue weighted by molar-refractivity contribution is 5.39. The first-order valence-electron chi connectivity index (χ1n) is 10.8. The second-order valence-electron chi connectivity index (χ2n) is 8.02. The zero-order valence-electron chi connectivity index (χ0n) is 17.9. The van der Waals surface area contributed by atoms with Crippen molar-refractivity contribution in [3.63, 3.8) is 0 Å². The Morgan fingerprint density at radius 1 is 0.733 bits per heavy atom. The molecule has 0 amide bonds. The van der Waals surface area contributed by atoms with Gasteiger partial charge in [-0.3, -0.25) is 0 Å². The molecule has 4 nitrogen and oxygen atoms in total. The number of nitrogens with one attached hydrogen (secondary N) is 2. The lowest BCUT2D eigenvalue weighted by Crippen LogP contribution is -3.27. The van der Waals surface area contributed by atoms with E-state index in [1.54, 1.807) is 24.0 Å². The molecule has 0 spiro atoms. The third kappa shape index (κ3) is 4.66. The Morgan fingerprint density at radius 3 is 1.87 bits per heavy atom. The van der Waals surface area contributed by atoms with Crippen molar-refractivity contribution in [3.05, 3.63) is 95.6 Å². The summed E-state index contributed by atoms with van der Waals surface area (Å²) in [6.07, 6.45) is 0. The van der Waals surface area contributed by atoms with Crippen molar-refractivity contribution >= 4 is 0 Å². The smallest absolute Gasteiger partial charge is 0.139 e. The Kier molecular flexibility index (Phi) is 6.67. The molecule has 156 valence electrons. The van der Waals surface area contributed by atoms with Gasteiger partial charge in [0, 0.05) is 11.1 Å². The summed E-state index contributed by atoms with van der Waals surface area (Å²) in [6.45, 7) is 5.55. The van der Waals surface area contributed by atoms with Crippen LogP contribution in [0, 0.1) is 0 Å². The van der Waals surface area contributed by atoms with E-state index in [4.69, 9.17) is 9.47 Å². The Hall–Kier alpha value is -2.82. The first kappa shape index (κ1) is 20.5. The summed E-state index contributed by atoms with van der Waals surface area (Å²) in [6, 6.07) is 28.4. The Morgan fingerprint density at radius 2 is 1.33 bits per heavy atom. The van der Waals surface area contributed by atoms with Crippen LogP contribution < -0.4 is 19.3 Å². The first-order valence-corrected chi connectivity index (χ1v) is 10.8. The van der Waals surface area contributed by atoms with Crippen LogP contribution >= 0.6 is 0 Å². The van der Waals surface area contributed by atoms with Crippen LogP contribution in [0.1, 0.15) is 22.7 Å². The van der Waals surface area contributed by atoms with E-state index in [0.717, 1.165) is 44.2 Å². The molecule has 4 heteroatoms. The summed E-state index contributed by atoms with van der Waals surface area (Å²) >= 11 is 0. The Balaban J connectivity index is 1.48. The molecule has 30 heavy (non-hydrogen) atoms. The Labute approximate surface area is 179 Å². The largest absolute Gasteiger partial charge is 0.497 e. The van der Waals surface area contributed by atoms with E-state index in [0.29, 0.717) is 6.04 Å². The van der Waals surface area contributed by atoms with Crippen LogP contribution in [0.5, 0.6) is 11.5 Å². The summed E-state index contributed by atoms with van der Waals surface area (Å²) in [5.74, 6) is 1.84. The van der Waals surface area contributed by atoms with Crippen LogP contribution in [-0.2, 0) is 6.54 Å². The number of piperazine rings is 1. The molecule has 4 rings (SSSR count). The minimum absolute atomic E-state index is 0.389. The van der Waals surface area contributed by atoms with Gasteiger partial charge in [0.2, 0.25) is 0 Å². The maximum atomic E-state index is 5.59. The molecule has 0 unspecified atom stereocenters. The van der Waals surface area contributed by atoms with Crippen molar-refractivity contribution < 1.29 is 19.3 Å². The first-order chi connectivity index (χ1) is 14.8. The average Bonchev–Trinajstić information content (AvgIpc) is 2.82. The fourth-order valence-corrected chi connectivity index (χ4v) is 4.63. The number of hydrogen-bond acceptors (Lipinski definition) is 2. The van der Waals surface area contributed by atoms with E-state index in [1.165, 1.54) is 16.7 Å². The van der Waals surface area contributed by atoms with Gasteiger partial charge in [-0.2, -0.15) is 0 Å². The third-order valence-corrected chi connectivity index (χ3v) is 6.20. The topological polar surface area (TPSA) is 27.3 Å². The molecular formula is C26H32N2O2+2. The van der Waals surface area contributed by atoms with Gasteiger partial charge in [0.25, 0.3) is 0 Å². The van der Waals surface area contributed by atoms with Crippen LogP contribution in [0.2, 0.25) is 0 Å². The molecule has 2 N–H and O–H groups in total. The van der Waals surface area contributed by atoms with Crippen molar-refractivity contribution in [2.24, 2.45) is 0 Å². The van der Waals surface area contributed by atoms with Crippen LogP contribution in [0.4, 0.5) is 0 Å². The van der Waals surface area contributed by atoms with Crippen molar-refractivity contribution in [2.75, 3.05) is 40.4 Å². The second kappa shape index (κ2) is 9.79. The lowest BCUT2D eigenvalue weighted by Gasteiger charge is -2.35. The highest BCUT2D eigenvalue weighted by Gasteiger charge is 2.32. The fourth-order valence-electron chi connectivity index (χ4n) is 4.63. The SMILES string of the molecule is COc1ccc(OC)c(C[NH+]2CC[NH+](C(c3ccccc3)c3ccccc3)CC2)c1. The van der Waals surface area contributed by atoms with Crippen molar-refractivity contribution in [3.8, 4) is 11.5 Å². The molecule has 3 aromatic carbocycles. The lowest BCUT2D eigenvalue weighted by molar-refractivity contribution is -1.03. The molecule has 0 atom stereocenters. The van der Waals surface area contributed by atoms with Gasteiger partial charge in [-0.05, 0) is 18.2 Å². The maximum Gasteiger partial charge on any atom is 0.139 e. The maximum absolute atomic E-state index is 5.59. The zero-order chi connectivity index (χ0) is 20.8. The van der Waals surface area contributed by atoms with Gasteiger partial charge in [0.1, 0.15) is 50.3 Å². The number of methoxy groups -OCH3 is 2. The van der Waals surface area contributed by atoms with Crippen molar-refractivity contribution in [1.29, 1.82) is 0 Å². The van der Waals surface area contributed by atoms with Gasteiger partial charge in [-0.1, -0.05) is 60.7 Å². The van der Waals surface area contributed by atoms with E-state index in [9.17, 15) is 0 Å². The number of benzene rings is 3.